The average molecular weight is 346 g/mol. The molecule has 6 nitrogen and oxygen atoms in total. The first-order chi connectivity index (χ1) is 12.0. The summed E-state index contributed by atoms with van der Waals surface area (Å²) < 4.78 is 20.9. The standard InChI is InChI=1S/C18H23FN4O2/c1-12(2)23-11-20-21-17(23)14-5-4-8-22(10-14)18(24)13-6-7-16(25-3)15(19)9-13/h6-7,9,11-12,14H,4-5,8,10H2,1-3H3. The summed E-state index contributed by atoms with van der Waals surface area (Å²) in [6, 6.07) is 4.59. The molecule has 0 radical (unpaired) electrons. The molecule has 134 valence electrons. The van der Waals surface area contributed by atoms with Crippen molar-refractivity contribution in [3.8, 4) is 5.75 Å². The van der Waals surface area contributed by atoms with Gasteiger partial charge in [0.25, 0.3) is 5.91 Å². The lowest BCUT2D eigenvalue weighted by molar-refractivity contribution is 0.0702. The summed E-state index contributed by atoms with van der Waals surface area (Å²) in [6.45, 7) is 5.40. The normalized spacial score (nSPS) is 17.8. The second-order valence-electron chi connectivity index (χ2n) is 6.63. The predicted octanol–water partition coefficient (Wildman–Crippen LogP) is 3.03. The Morgan fingerprint density at radius 2 is 2.20 bits per heavy atom. The Morgan fingerprint density at radius 1 is 1.40 bits per heavy atom. The maximum Gasteiger partial charge on any atom is 0.253 e. The molecule has 1 aromatic carbocycles. The monoisotopic (exact) mass is 346 g/mol. The van der Waals surface area contributed by atoms with Gasteiger partial charge in [-0.25, -0.2) is 4.39 Å². The van der Waals surface area contributed by atoms with E-state index in [0.717, 1.165) is 18.7 Å². The highest BCUT2D eigenvalue weighted by Crippen LogP contribution is 2.28. The molecular weight excluding hydrogens is 323 g/mol. The maximum atomic E-state index is 13.9. The van der Waals surface area contributed by atoms with Gasteiger partial charge in [0.15, 0.2) is 11.6 Å². The number of hydrogen-bond donors (Lipinski definition) is 0. The van der Waals surface area contributed by atoms with Gasteiger partial charge in [0.1, 0.15) is 12.2 Å². The first-order valence-electron chi connectivity index (χ1n) is 8.53. The SMILES string of the molecule is COc1ccc(C(=O)N2CCCC(c3nncn3C(C)C)C2)cc1F. The quantitative estimate of drug-likeness (QED) is 0.854. The molecule has 1 atom stereocenters. The number of likely N-dealkylation sites (tertiary alicyclic amines) is 1. The van der Waals surface area contributed by atoms with Crippen molar-refractivity contribution in [1.82, 2.24) is 19.7 Å². The molecular formula is C18H23FN4O2. The molecule has 0 saturated carbocycles. The summed E-state index contributed by atoms with van der Waals surface area (Å²) in [6.07, 6.45) is 3.59. The van der Waals surface area contributed by atoms with Crippen LogP contribution >= 0.6 is 0 Å². The maximum absolute atomic E-state index is 13.9. The summed E-state index contributed by atoms with van der Waals surface area (Å²) in [4.78, 5) is 14.5. The lowest BCUT2D eigenvalue weighted by Crippen LogP contribution is -2.39. The van der Waals surface area contributed by atoms with Gasteiger partial charge in [-0.2, -0.15) is 0 Å². The van der Waals surface area contributed by atoms with Crippen LogP contribution in [-0.4, -0.2) is 45.8 Å². The number of piperidine rings is 1. The van der Waals surface area contributed by atoms with Crippen LogP contribution < -0.4 is 4.74 Å². The summed E-state index contributed by atoms with van der Waals surface area (Å²) in [7, 11) is 1.40. The Balaban J connectivity index is 1.78. The fraction of sp³-hybridized carbons (Fsp3) is 0.500. The van der Waals surface area contributed by atoms with E-state index < -0.39 is 5.82 Å². The Labute approximate surface area is 146 Å². The van der Waals surface area contributed by atoms with Crippen LogP contribution in [0.15, 0.2) is 24.5 Å². The van der Waals surface area contributed by atoms with Gasteiger partial charge in [0.05, 0.1) is 7.11 Å². The zero-order valence-corrected chi connectivity index (χ0v) is 14.8. The number of halogens is 1. The third kappa shape index (κ3) is 3.50. The third-order valence-corrected chi connectivity index (χ3v) is 4.63. The number of methoxy groups -OCH3 is 1. The van der Waals surface area contributed by atoms with Crippen molar-refractivity contribution < 1.29 is 13.9 Å². The minimum Gasteiger partial charge on any atom is -0.494 e. The zero-order valence-electron chi connectivity index (χ0n) is 14.8. The summed E-state index contributed by atoms with van der Waals surface area (Å²) in [5, 5.41) is 8.29. The van der Waals surface area contributed by atoms with Crippen molar-refractivity contribution in [2.75, 3.05) is 20.2 Å². The van der Waals surface area contributed by atoms with Crippen LogP contribution in [0, 0.1) is 5.82 Å². The van der Waals surface area contributed by atoms with Crippen LogP contribution in [0.4, 0.5) is 4.39 Å². The minimum absolute atomic E-state index is 0.137. The second-order valence-corrected chi connectivity index (χ2v) is 6.63. The Hall–Kier alpha value is -2.44. The first-order valence-corrected chi connectivity index (χ1v) is 8.53. The smallest absolute Gasteiger partial charge is 0.253 e. The van der Waals surface area contributed by atoms with Crippen LogP contribution in [-0.2, 0) is 0 Å². The van der Waals surface area contributed by atoms with E-state index in [4.69, 9.17) is 4.74 Å². The molecule has 1 aromatic heterocycles. The van der Waals surface area contributed by atoms with Crippen molar-refractivity contribution in [3.63, 3.8) is 0 Å². The van der Waals surface area contributed by atoms with Gasteiger partial charge in [0, 0.05) is 30.6 Å². The molecule has 7 heteroatoms. The Morgan fingerprint density at radius 3 is 2.88 bits per heavy atom. The number of rotatable bonds is 4. The van der Waals surface area contributed by atoms with Crippen molar-refractivity contribution in [1.29, 1.82) is 0 Å². The largest absolute Gasteiger partial charge is 0.494 e. The van der Waals surface area contributed by atoms with Gasteiger partial charge in [-0.1, -0.05) is 0 Å². The molecule has 3 rings (SSSR count). The van der Waals surface area contributed by atoms with Crippen LogP contribution in [0.2, 0.25) is 0 Å². The van der Waals surface area contributed by atoms with Crippen LogP contribution in [0.1, 0.15) is 54.8 Å². The average Bonchev–Trinajstić information content (AvgIpc) is 3.11. The molecule has 1 aliphatic rings. The van der Waals surface area contributed by atoms with Gasteiger partial charge in [-0.15, -0.1) is 10.2 Å². The highest BCUT2D eigenvalue weighted by atomic mass is 19.1. The lowest BCUT2D eigenvalue weighted by Gasteiger charge is -2.32. The molecule has 25 heavy (non-hydrogen) atoms. The summed E-state index contributed by atoms with van der Waals surface area (Å²) >= 11 is 0. The molecule has 1 fully saturated rings. The van der Waals surface area contributed by atoms with Crippen molar-refractivity contribution in [3.05, 3.63) is 41.7 Å². The van der Waals surface area contributed by atoms with Gasteiger partial charge >= 0.3 is 0 Å². The molecule has 1 saturated heterocycles. The van der Waals surface area contributed by atoms with Gasteiger partial charge in [-0.3, -0.25) is 4.79 Å². The number of ether oxygens (including phenoxy) is 1. The van der Waals surface area contributed by atoms with E-state index in [0.29, 0.717) is 18.7 Å². The second kappa shape index (κ2) is 7.21. The van der Waals surface area contributed by atoms with Gasteiger partial charge < -0.3 is 14.2 Å². The number of aromatic nitrogens is 3. The molecule has 2 heterocycles. The highest BCUT2D eigenvalue weighted by Gasteiger charge is 2.29. The molecule has 0 bridgehead atoms. The first kappa shape index (κ1) is 17.4. The van der Waals surface area contributed by atoms with E-state index in [1.54, 1.807) is 17.3 Å². The van der Waals surface area contributed by atoms with E-state index in [1.165, 1.54) is 19.2 Å². The van der Waals surface area contributed by atoms with Crippen LogP contribution in [0.3, 0.4) is 0 Å². The molecule has 1 aliphatic heterocycles. The number of carbonyl (C=O) groups is 1. The lowest BCUT2D eigenvalue weighted by atomic mass is 9.96. The fourth-order valence-electron chi connectivity index (χ4n) is 3.30. The van der Waals surface area contributed by atoms with E-state index in [-0.39, 0.29) is 23.6 Å². The fourth-order valence-corrected chi connectivity index (χ4v) is 3.30. The highest BCUT2D eigenvalue weighted by molar-refractivity contribution is 5.94. The summed E-state index contributed by atoms with van der Waals surface area (Å²) in [5.74, 6) is 0.500. The van der Waals surface area contributed by atoms with Crippen molar-refractivity contribution >= 4 is 5.91 Å². The van der Waals surface area contributed by atoms with Crippen LogP contribution in [0.5, 0.6) is 5.75 Å². The van der Waals surface area contributed by atoms with E-state index in [9.17, 15) is 9.18 Å². The topological polar surface area (TPSA) is 60.2 Å². The number of carbonyl (C=O) groups excluding carboxylic acids is 1. The zero-order chi connectivity index (χ0) is 18.0. The Bertz CT molecular complexity index is 759. The number of hydrogen-bond acceptors (Lipinski definition) is 4. The summed E-state index contributed by atoms with van der Waals surface area (Å²) in [5.41, 5.74) is 0.337. The molecule has 1 amide bonds. The molecule has 2 aromatic rings. The molecule has 0 aliphatic carbocycles. The number of amides is 1. The van der Waals surface area contributed by atoms with E-state index in [1.807, 2.05) is 4.57 Å². The number of benzene rings is 1. The molecule has 0 spiro atoms. The van der Waals surface area contributed by atoms with Crippen molar-refractivity contribution in [2.45, 2.75) is 38.6 Å². The third-order valence-electron chi connectivity index (χ3n) is 4.63. The predicted molar refractivity (Wildman–Crippen MR) is 91.2 cm³/mol. The van der Waals surface area contributed by atoms with Gasteiger partial charge in [0.2, 0.25) is 0 Å². The van der Waals surface area contributed by atoms with Crippen LogP contribution in [0.25, 0.3) is 0 Å². The van der Waals surface area contributed by atoms with E-state index in [2.05, 4.69) is 24.0 Å². The van der Waals surface area contributed by atoms with Gasteiger partial charge in [-0.05, 0) is 44.9 Å². The molecule has 1 unspecified atom stereocenters. The minimum atomic E-state index is -0.526. The van der Waals surface area contributed by atoms with Crippen molar-refractivity contribution in [2.24, 2.45) is 0 Å². The number of nitrogens with zero attached hydrogens (tertiary/aromatic N) is 4. The Kier molecular flexibility index (Phi) is 5.01. The van der Waals surface area contributed by atoms with E-state index >= 15 is 0 Å². The molecule has 0 N–H and O–H groups in total.